The molecule has 4 saturated heterocycles. The number of alkyl halides is 3. The maximum Gasteiger partial charge on any atom is 0.523 e. The zero-order valence-electron chi connectivity index (χ0n) is 28.1. The summed E-state index contributed by atoms with van der Waals surface area (Å²) in [6, 6.07) is -1.86. The van der Waals surface area contributed by atoms with Gasteiger partial charge in [-0.15, -0.1) is 0 Å². The van der Waals surface area contributed by atoms with Crippen LogP contribution in [-0.2, 0) is 65.9 Å². The van der Waals surface area contributed by atoms with Crippen molar-refractivity contribution in [3.63, 3.8) is 0 Å². The van der Waals surface area contributed by atoms with Crippen LogP contribution in [0.4, 0.5) is 13.2 Å². The first kappa shape index (κ1) is 42.1. The third kappa shape index (κ3) is 9.97. The molecule has 0 N–H and O–H groups in total. The molecule has 9 atom stereocenters. The first-order chi connectivity index (χ1) is 23.2. The molecule has 4 rings (SSSR count). The van der Waals surface area contributed by atoms with Gasteiger partial charge in [-0.25, -0.2) is 0 Å². The predicted molar refractivity (Wildman–Crippen MR) is 160 cm³/mol. The van der Waals surface area contributed by atoms with E-state index in [1.165, 1.54) is 0 Å². The van der Waals surface area contributed by atoms with Crippen LogP contribution >= 0.6 is 7.60 Å². The highest BCUT2D eigenvalue weighted by Crippen LogP contribution is 2.56. The van der Waals surface area contributed by atoms with Crippen molar-refractivity contribution in [2.75, 3.05) is 26.4 Å². The van der Waals surface area contributed by atoms with Crippen LogP contribution in [0.1, 0.15) is 54.9 Å². The van der Waals surface area contributed by atoms with Gasteiger partial charge in [-0.1, -0.05) is 10.2 Å². The van der Waals surface area contributed by atoms with Gasteiger partial charge < -0.3 is 42.2 Å². The van der Waals surface area contributed by atoms with E-state index in [1.807, 2.05) is 0 Å². The summed E-state index contributed by atoms with van der Waals surface area (Å²) in [5.41, 5.74) is 10.7. The molecular formula is C25H40F3N6O14PS. The van der Waals surface area contributed by atoms with Crippen molar-refractivity contribution in [1.29, 1.82) is 0 Å². The maximum atomic E-state index is 13.3. The molecule has 0 spiro atoms. The summed E-state index contributed by atoms with van der Waals surface area (Å²) in [4.78, 5) is 18.0. The van der Waals surface area contributed by atoms with E-state index in [4.69, 9.17) is 53.3 Å². The lowest BCUT2D eigenvalue weighted by molar-refractivity contribution is -0.208. The van der Waals surface area contributed by atoms with Crippen LogP contribution in [0.5, 0.6) is 0 Å². The zero-order chi connectivity index (χ0) is 37.7. The van der Waals surface area contributed by atoms with E-state index < -0.39 is 102 Å². The average Bonchev–Trinajstić information content (AvgIpc) is 3.66. The van der Waals surface area contributed by atoms with Gasteiger partial charge in [0, 0.05) is 9.82 Å². The molecule has 0 amide bonds. The maximum absolute atomic E-state index is 13.3. The molecule has 286 valence electrons. The lowest BCUT2D eigenvalue weighted by Crippen LogP contribution is -2.37. The molecule has 4 heterocycles. The first-order valence-electron chi connectivity index (χ1n) is 15.3. The van der Waals surface area contributed by atoms with Gasteiger partial charge in [0.15, 0.2) is 29.8 Å². The van der Waals surface area contributed by atoms with E-state index in [-0.39, 0.29) is 26.2 Å². The van der Waals surface area contributed by atoms with Crippen LogP contribution in [0.3, 0.4) is 0 Å². The largest absolute Gasteiger partial charge is 0.523 e. The molecule has 0 radical (unpaired) electrons. The Hall–Kier alpha value is -2.30. The Balaban J connectivity index is 0.000000278. The fraction of sp³-hybridized carbons (Fsp3) is 0.960. The lowest BCUT2D eigenvalue weighted by atomic mass is 10.0. The minimum atomic E-state index is -5.77. The minimum absolute atomic E-state index is 0.0874. The molecule has 0 aromatic carbocycles. The topological polar surface area (TPSA) is 258 Å². The molecule has 25 heteroatoms. The number of hydrogen-bond acceptors (Lipinski definition) is 16. The van der Waals surface area contributed by atoms with Crippen molar-refractivity contribution in [3.8, 4) is 0 Å². The summed E-state index contributed by atoms with van der Waals surface area (Å²) in [6.07, 6.45) is -5.40. The standard InChI is InChI=1S/C16H28N3O8P.C9H12F3N3O6S/c1-6-22-14(20)11(28(21,23-7-2)24-8-3)9-10-12(18-19-17)13-15(25-10)27-16(4,5)26-13;1-8(2)20-6-5(14-15-13)4(19-7(6)21-8)3-18-22(16,17)9(10,11)12/h10-13,15H,6-9H2,1-5H3;4-7H,3H2,1-2H3. The van der Waals surface area contributed by atoms with Gasteiger partial charge in [-0.3, -0.25) is 13.5 Å². The fourth-order valence-corrected chi connectivity index (χ4v) is 7.86. The van der Waals surface area contributed by atoms with Crippen LogP contribution in [0.25, 0.3) is 20.9 Å². The number of rotatable bonds is 14. The Bertz CT molecular complexity index is 1450. The van der Waals surface area contributed by atoms with E-state index >= 15 is 0 Å². The molecule has 0 bridgehead atoms. The highest BCUT2D eigenvalue weighted by Gasteiger charge is 2.58. The number of halogens is 3. The summed E-state index contributed by atoms with van der Waals surface area (Å²) in [6.45, 7) is 10.8. The van der Waals surface area contributed by atoms with E-state index in [0.29, 0.717) is 0 Å². The van der Waals surface area contributed by atoms with Gasteiger partial charge in [0.05, 0.1) is 50.7 Å². The van der Waals surface area contributed by atoms with E-state index in [9.17, 15) is 30.9 Å². The highest BCUT2D eigenvalue weighted by atomic mass is 32.2. The number of esters is 1. The highest BCUT2D eigenvalue weighted by molar-refractivity contribution is 7.87. The summed E-state index contributed by atoms with van der Waals surface area (Å²) in [7, 11) is -9.61. The van der Waals surface area contributed by atoms with Crippen molar-refractivity contribution in [3.05, 3.63) is 20.9 Å². The molecule has 0 saturated carbocycles. The van der Waals surface area contributed by atoms with Crippen LogP contribution in [-0.4, -0.2) is 113 Å². The second-order valence-electron chi connectivity index (χ2n) is 11.7. The van der Waals surface area contributed by atoms with Crippen molar-refractivity contribution < 1.29 is 77.3 Å². The van der Waals surface area contributed by atoms with Gasteiger partial charge in [0.25, 0.3) is 0 Å². The Morgan fingerprint density at radius 3 is 1.74 bits per heavy atom. The van der Waals surface area contributed by atoms with E-state index in [2.05, 4.69) is 24.2 Å². The quantitative estimate of drug-likeness (QED) is 0.0447. The first-order valence-corrected chi connectivity index (χ1v) is 18.3. The van der Waals surface area contributed by atoms with Crippen LogP contribution in [0.2, 0.25) is 0 Å². The smallest absolute Gasteiger partial charge is 0.465 e. The lowest BCUT2D eigenvalue weighted by Gasteiger charge is -2.29. The summed E-state index contributed by atoms with van der Waals surface area (Å²) in [5.74, 6) is -2.64. The van der Waals surface area contributed by atoms with Gasteiger partial charge in [0.2, 0.25) is 0 Å². The molecule has 0 aromatic rings. The Kier molecular flexibility index (Phi) is 14.0. The number of azide groups is 2. The number of nitrogens with zero attached hydrogens (tertiary/aromatic N) is 6. The van der Waals surface area contributed by atoms with E-state index in [1.54, 1.807) is 48.5 Å². The van der Waals surface area contributed by atoms with Gasteiger partial charge >= 0.3 is 29.2 Å². The summed E-state index contributed by atoms with van der Waals surface area (Å²) in [5, 5.41) is 7.14. The normalized spacial score (nSPS) is 31.7. The van der Waals surface area contributed by atoms with Crippen molar-refractivity contribution in [2.24, 2.45) is 10.2 Å². The number of hydrogen-bond donors (Lipinski definition) is 0. The second kappa shape index (κ2) is 16.6. The Morgan fingerprint density at radius 1 is 0.860 bits per heavy atom. The van der Waals surface area contributed by atoms with Gasteiger partial charge in [0.1, 0.15) is 12.2 Å². The fourth-order valence-electron chi connectivity index (χ4n) is 5.46. The molecule has 0 aliphatic carbocycles. The molecule has 4 aliphatic rings. The minimum Gasteiger partial charge on any atom is -0.465 e. The third-order valence-electron chi connectivity index (χ3n) is 7.28. The number of ether oxygens (including phenoxy) is 7. The molecule has 0 aromatic heterocycles. The Labute approximate surface area is 285 Å². The Morgan fingerprint density at radius 2 is 1.32 bits per heavy atom. The van der Waals surface area contributed by atoms with Crippen molar-refractivity contribution in [1.82, 2.24) is 0 Å². The van der Waals surface area contributed by atoms with Crippen LogP contribution < -0.4 is 0 Å². The molecule has 4 fully saturated rings. The molecule has 20 nitrogen and oxygen atoms in total. The molecular weight excluding hydrogens is 728 g/mol. The van der Waals surface area contributed by atoms with Gasteiger partial charge in [-0.05, 0) is 65.9 Å². The van der Waals surface area contributed by atoms with E-state index in [0.717, 1.165) is 0 Å². The predicted octanol–water partition coefficient (Wildman–Crippen LogP) is 4.54. The molecule has 4 aliphatic heterocycles. The average molecular weight is 769 g/mol. The third-order valence-corrected chi connectivity index (χ3v) is 10.7. The number of carbonyl (C=O) groups is 1. The monoisotopic (exact) mass is 768 g/mol. The number of carbonyl (C=O) groups excluding carboxylic acids is 1. The van der Waals surface area contributed by atoms with Crippen molar-refractivity contribution in [2.45, 2.75) is 127 Å². The van der Waals surface area contributed by atoms with Gasteiger partial charge in [-0.2, -0.15) is 21.6 Å². The summed E-state index contributed by atoms with van der Waals surface area (Å²) < 4.78 is 125. The second-order valence-corrected chi connectivity index (χ2v) is 15.6. The number of fused-ring (bicyclic) bond motifs is 2. The summed E-state index contributed by atoms with van der Waals surface area (Å²) >= 11 is 0. The SMILES string of the molecule is CC1(C)OC2OC(COS(=O)(=O)C(F)(F)F)C(N=[N+]=[N-])C2O1.CCOC(=O)C(CC1OC2OC(C)(C)OC2C1N=[N+]=[N-])P(=O)(OCC)OCC. The zero-order valence-corrected chi connectivity index (χ0v) is 29.8. The van der Waals surface area contributed by atoms with Crippen molar-refractivity contribution >= 4 is 23.7 Å². The molecule has 50 heavy (non-hydrogen) atoms. The van der Waals surface area contributed by atoms with Crippen LogP contribution in [0.15, 0.2) is 10.2 Å². The van der Waals surface area contributed by atoms with Crippen LogP contribution in [0, 0.1) is 0 Å². The molecule has 9 unspecified atom stereocenters.